The number of carbonyl (C=O) groups excluding carboxylic acids is 1. The van der Waals surface area contributed by atoms with Gasteiger partial charge in [0, 0.05) is 18.2 Å². The third kappa shape index (κ3) is 4.15. The van der Waals surface area contributed by atoms with Crippen molar-refractivity contribution >= 4 is 17.6 Å². The standard InChI is InChI=1S/C14H20N4O2/c1-20-12-7-5-10(6-8-12)18-14(15)16-9-11-3-2-4-13(19)17-11/h5-8,11H,2-4,9H2,1H3,(H,17,19)(H3,15,16,18). The summed E-state index contributed by atoms with van der Waals surface area (Å²) in [7, 11) is 1.62. The zero-order valence-electron chi connectivity index (χ0n) is 11.6. The summed E-state index contributed by atoms with van der Waals surface area (Å²) in [4.78, 5) is 15.5. The van der Waals surface area contributed by atoms with Crippen LogP contribution in [0.25, 0.3) is 0 Å². The van der Waals surface area contributed by atoms with Crippen LogP contribution in [0.2, 0.25) is 0 Å². The number of aliphatic imine (C=N–C) groups is 1. The van der Waals surface area contributed by atoms with E-state index in [1.165, 1.54) is 0 Å². The molecule has 2 rings (SSSR count). The van der Waals surface area contributed by atoms with Crippen LogP contribution in [0, 0.1) is 0 Å². The molecule has 0 bridgehead atoms. The number of methoxy groups -OCH3 is 1. The summed E-state index contributed by atoms with van der Waals surface area (Å²) in [5.74, 6) is 1.23. The Kier molecular flexibility index (Phi) is 4.81. The van der Waals surface area contributed by atoms with Crippen LogP contribution in [0.15, 0.2) is 29.3 Å². The molecule has 1 aromatic rings. The molecule has 20 heavy (non-hydrogen) atoms. The van der Waals surface area contributed by atoms with E-state index in [1.54, 1.807) is 7.11 Å². The van der Waals surface area contributed by atoms with E-state index in [0.717, 1.165) is 24.3 Å². The largest absolute Gasteiger partial charge is 0.497 e. The molecule has 1 aliphatic rings. The number of hydrogen-bond acceptors (Lipinski definition) is 3. The van der Waals surface area contributed by atoms with E-state index < -0.39 is 0 Å². The second-order valence-corrected chi connectivity index (χ2v) is 4.74. The summed E-state index contributed by atoms with van der Waals surface area (Å²) in [6.45, 7) is 0.501. The summed E-state index contributed by atoms with van der Waals surface area (Å²) >= 11 is 0. The number of hydrogen-bond donors (Lipinski definition) is 3. The van der Waals surface area contributed by atoms with E-state index in [9.17, 15) is 4.79 Å². The Morgan fingerprint density at radius 2 is 2.25 bits per heavy atom. The van der Waals surface area contributed by atoms with Gasteiger partial charge in [0.05, 0.1) is 13.7 Å². The van der Waals surface area contributed by atoms with Crippen molar-refractivity contribution in [1.82, 2.24) is 5.32 Å². The second-order valence-electron chi connectivity index (χ2n) is 4.74. The SMILES string of the molecule is COc1ccc(NC(N)=NCC2CCCC(=O)N2)cc1. The maximum Gasteiger partial charge on any atom is 0.220 e. The van der Waals surface area contributed by atoms with Crippen molar-refractivity contribution in [1.29, 1.82) is 0 Å². The maximum absolute atomic E-state index is 11.3. The van der Waals surface area contributed by atoms with Crippen molar-refractivity contribution in [3.63, 3.8) is 0 Å². The Labute approximate surface area is 118 Å². The predicted octanol–water partition coefficient (Wildman–Crippen LogP) is 1.09. The van der Waals surface area contributed by atoms with Gasteiger partial charge in [-0.2, -0.15) is 0 Å². The lowest BCUT2D eigenvalue weighted by Gasteiger charge is -2.21. The van der Waals surface area contributed by atoms with Gasteiger partial charge in [0.15, 0.2) is 5.96 Å². The summed E-state index contributed by atoms with van der Waals surface area (Å²) in [6, 6.07) is 7.51. The normalized spacial score (nSPS) is 19.4. The van der Waals surface area contributed by atoms with Gasteiger partial charge in [-0.25, -0.2) is 0 Å². The van der Waals surface area contributed by atoms with Crippen molar-refractivity contribution in [2.24, 2.45) is 10.7 Å². The first-order valence-electron chi connectivity index (χ1n) is 6.68. The van der Waals surface area contributed by atoms with Crippen LogP contribution >= 0.6 is 0 Å². The highest BCUT2D eigenvalue weighted by molar-refractivity contribution is 5.92. The molecule has 1 amide bonds. The summed E-state index contributed by atoms with van der Waals surface area (Å²) in [5.41, 5.74) is 6.67. The molecule has 0 saturated carbocycles. The number of ether oxygens (including phenoxy) is 1. The molecule has 1 atom stereocenters. The Balaban J connectivity index is 1.85. The lowest BCUT2D eigenvalue weighted by Crippen LogP contribution is -2.41. The topological polar surface area (TPSA) is 88.7 Å². The molecule has 0 aliphatic carbocycles. The lowest BCUT2D eigenvalue weighted by atomic mass is 10.0. The molecule has 1 unspecified atom stereocenters. The van der Waals surface area contributed by atoms with Crippen LogP contribution in [-0.4, -0.2) is 31.6 Å². The average Bonchev–Trinajstić information content (AvgIpc) is 2.46. The number of piperidine rings is 1. The van der Waals surface area contributed by atoms with Gasteiger partial charge >= 0.3 is 0 Å². The number of rotatable bonds is 4. The fourth-order valence-electron chi connectivity index (χ4n) is 2.09. The minimum atomic E-state index is 0.0902. The van der Waals surface area contributed by atoms with Gasteiger partial charge in [-0.3, -0.25) is 9.79 Å². The molecule has 6 nitrogen and oxygen atoms in total. The Hall–Kier alpha value is -2.24. The fourth-order valence-corrected chi connectivity index (χ4v) is 2.09. The Bertz CT molecular complexity index is 484. The molecule has 1 fully saturated rings. The van der Waals surface area contributed by atoms with Gasteiger partial charge in [0.25, 0.3) is 0 Å². The zero-order chi connectivity index (χ0) is 14.4. The van der Waals surface area contributed by atoms with E-state index in [2.05, 4.69) is 15.6 Å². The molecule has 1 saturated heterocycles. The number of nitrogens with zero attached hydrogens (tertiary/aromatic N) is 1. The second kappa shape index (κ2) is 6.79. The van der Waals surface area contributed by atoms with Crippen LogP contribution in [0.4, 0.5) is 5.69 Å². The van der Waals surface area contributed by atoms with Crippen LogP contribution in [-0.2, 0) is 4.79 Å². The molecular formula is C14H20N4O2. The number of guanidine groups is 1. The third-order valence-corrected chi connectivity index (χ3v) is 3.17. The van der Waals surface area contributed by atoms with E-state index in [-0.39, 0.29) is 11.9 Å². The van der Waals surface area contributed by atoms with Gasteiger partial charge < -0.3 is 21.1 Å². The number of carbonyl (C=O) groups is 1. The van der Waals surface area contributed by atoms with E-state index in [0.29, 0.717) is 18.9 Å². The summed E-state index contributed by atoms with van der Waals surface area (Å²) < 4.78 is 5.08. The van der Waals surface area contributed by atoms with Crippen LogP contribution in [0.3, 0.4) is 0 Å². The van der Waals surface area contributed by atoms with Crippen LogP contribution < -0.4 is 21.1 Å². The number of benzene rings is 1. The maximum atomic E-state index is 11.3. The molecule has 0 spiro atoms. The fraction of sp³-hybridized carbons (Fsp3) is 0.429. The van der Waals surface area contributed by atoms with Crippen molar-refractivity contribution in [2.75, 3.05) is 19.0 Å². The van der Waals surface area contributed by atoms with Crippen molar-refractivity contribution in [2.45, 2.75) is 25.3 Å². The summed E-state index contributed by atoms with van der Waals surface area (Å²) in [5, 5.41) is 5.91. The number of amides is 1. The molecule has 4 N–H and O–H groups in total. The Morgan fingerprint density at radius 1 is 1.50 bits per heavy atom. The molecule has 1 aliphatic heterocycles. The van der Waals surface area contributed by atoms with E-state index in [1.807, 2.05) is 24.3 Å². The first-order chi connectivity index (χ1) is 9.67. The molecule has 6 heteroatoms. The monoisotopic (exact) mass is 276 g/mol. The van der Waals surface area contributed by atoms with Gasteiger partial charge in [-0.05, 0) is 37.1 Å². The molecule has 108 valence electrons. The minimum Gasteiger partial charge on any atom is -0.497 e. The highest BCUT2D eigenvalue weighted by atomic mass is 16.5. The zero-order valence-corrected chi connectivity index (χ0v) is 11.6. The van der Waals surface area contributed by atoms with Crippen LogP contribution in [0.5, 0.6) is 5.75 Å². The van der Waals surface area contributed by atoms with Gasteiger partial charge in [0.1, 0.15) is 5.75 Å². The first-order valence-corrected chi connectivity index (χ1v) is 6.68. The minimum absolute atomic E-state index is 0.0902. The van der Waals surface area contributed by atoms with Gasteiger partial charge in [-0.15, -0.1) is 0 Å². The first kappa shape index (κ1) is 14.2. The average molecular weight is 276 g/mol. The highest BCUT2D eigenvalue weighted by Crippen LogP contribution is 2.14. The lowest BCUT2D eigenvalue weighted by molar-refractivity contribution is -0.123. The van der Waals surface area contributed by atoms with Crippen LogP contribution in [0.1, 0.15) is 19.3 Å². The third-order valence-electron chi connectivity index (χ3n) is 3.17. The number of nitrogens with one attached hydrogen (secondary N) is 2. The van der Waals surface area contributed by atoms with Gasteiger partial charge in [0.2, 0.25) is 5.91 Å². The van der Waals surface area contributed by atoms with Crippen molar-refractivity contribution in [3.05, 3.63) is 24.3 Å². The van der Waals surface area contributed by atoms with Crippen molar-refractivity contribution < 1.29 is 9.53 Å². The molecular weight excluding hydrogens is 256 g/mol. The molecule has 1 heterocycles. The number of anilines is 1. The van der Waals surface area contributed by atoms with Crippen molar-refractivity contribution in [3.8, 4) is 5.75 Å². The molecule has 0 radical (unpaired) electrons. The predicted molar refractivity (Wildman–Crippen MR) is 78.9 cm³/mol. The molecule has 0 aromatic heterocycles. The smallest absolute Gasteiger partial charge is 0.220 e. The highest BCUT2D eigenvalue weighted by Gasteiger charge is 2.17. The quantitative estimate of drug-likeness (QED) is 0.567. The van der Waals surface area contributed by atoms with E-state index in [4.69, 9.17) is 10.5 Å². The summed E-state index contributed by atoms with van der Waals surface area (Å²) in [6.07, 6.45) is 2.47. The van der Waals surface area contributed by atoms with Gasteiger partial charge in [-0.1, -0.05) is 0 Å². The Morgan fingerprint density at radius 3 is 2.90 bits per heavy atom. The molecule has 1 aromatic carbocycles. The van der Waals surface area contributed by atoms with E-state index >= 15 is 0 Å². The number of nitrogens with two attached hydrogens (primary N) is 1.